The summed E-state index contributed by atoms with van der Waals surface area (Å²) in [5.41, 5.74) is 0. The molecule has 0 amide bonds. The predicted molar refractivity (Wildman–Crippen MR) is 52.3 cm³/mol. The molecule has 0 aromatic carbocycles. The lowest BCUT2D eigenvalue weighted by Gasteiger charge is -2.03. The zero-order valence-corrected chi connectivity index (χ0v) is 8.50. The van der Waals surface area contributed by atoms with Crippen LogP contribution in [0.3, 0.4) is 0 Å². The van der Waals surface area contributed by atoms with Crippen molar-refractivity contribution in [2.45, 2.75) is 24.1 Å². The molecule has 0 saturated heterocycles. The van der Waals surface area contributed by atoms with Crippen LogP contribution >= 0.6 is 23.1 Å². The van der Waals surface area contributed by atoms with Crippen molar-refractivity contribution < 1.29 is 0 Å². The van der Waals surface area contributed by atoms with Gasteiger partial charge in [0.25, 0.3) is 0 Å². The highest BCUT2D eigenvalue weighted by molar-refractivity contribution is 8.05. The van der Waals surface area contributed by atoms with Gasteiger partial charge in [0.2, 0.25) is 0 Å². The van der Waals surface area contributed by atoms with Gasteiger partial charge in [0, 0.05) is 17.8 Å². The van der Waals surface area contributed by atoms with Gasteiger partial charge in [-0.1, -0.05) is 11.3 Å². The van der Waals surface area contributed by atoms with Crippen molar-refractivity contribution in [2.24, 2.45) is 0 Å². The maximum Gasteiger partial charge on any atom is 0.183 e. The van der Waals surface area contributed by atoms with Crippen molar-refractivity contribution in [3.05, 3.63) is 6.20 Å². The van der Waals surface area contributed by atoms with Crippen molar-refractivity contribution in [3.8, 4) is 5.40 Å². The van der Waals surface area contributed by atoms with Gasteiger partial charge < -0.3 is 5.32 Å². The number of thiocyanates is 1. The Balaban J connectivity index is 2.59. The fraction of sp³-hybridized carbons (Fsp3) is 0.429. The predicted octanol–water partition coefficient (Wildman–Crippen LogP) is 2.54. The molecule has 1 N–H and O–H groups in total. The number of anilines is 1. The van der Waals surface area contributed by atoms with E-state index in [4.69, 9.17) is 5.26 Å². The Morgan fingerprint density at radius 3 is 3.08 bits per heavy atom. The molecule has 0 radical (unpaired) electrons. The number of nitrogens with one attached hydrogen (secondary N) is 1. The van der Waals surface area contributed by atoms with E-state index in [1.54, 1.807) is 6.20 Å². The molecular weight excluding hydrogens is 190 g/mol. The minimum atomic E-state index is 0.385. The highest BCUT2D eigenvalue weighted by Crippen LogP contribution is 2.27. The van der Waals surface area contributed by atoms with E-state index in [9.17, 15) is 0 Å². The Morgan fingerprint density at radius 1 is 1.75 bits per heavy atom. The van der Waals surface area contributed by atoms with Crippen LogP contribution in [-0.2, 0) is 0 Å². The van der Waals surface area contributed by atoms with E-state index in [2.05, 4.69) is 24.1 Å². The van der Waals surface area contributed by atoms with Gasteiger partial charge in [-0.2, -0.15) is 5.26 Å². The standard InChI is InChI=1S/C7H9N3S2/c1-5(2)10-7-9-3-6(12-7)11-4-8/h3,5H,1-2H3,(H,9,10). The summed E-state index contributed by atoms with van der Waals surface area (Å²) in [5, 5.41) is 14.4. The largest absolute Gasteiger partial charge is 0.359 e. The summed E-state index contributed by atoms with van der Waals surface area (Å²) in [7, 11) is 0. The monoisotopic (exact) mass is 199 g/mol. The third kappa shape index (κ3) is 2.72. The van der Waals surface area contributed by atoms with Crippen LogP contribution in [-0.4, -0.2) is 11.0 Å². The van der Waals surface area contributed by atoms with E-state index in [0.717, 1.165) is 21.1 Å². The van der Waals surface area contributed by atoms with Crippen LogP contribution in [0.5, 0.6) is 0 Å². The molecule has 12 heavy (non-hydrogen) atoms. The van der Waals surface area contributed by atoms with E-state index in [0.29, 0.717) is 6.04 Å². The quantitative estimate of drug-likeness (QED) is 0.600. The molecule has 0 aliphatic heterocycles. The van der Waals surface area contributed by atoms with E-state index in [1.165, 1.54) is 11.3 Å². The van der Waals surface area contributed by atoms with Gasteiger partial charge in [0.1, 0.15) is 5.40 Å². The smallest absolute Gasteiger partial charge is 0.183 e. The highest BCUT2D eigenvalue weighted by Gasteiger charge is 2.02. The summed E-state index contributed by atoms with van der Waals surface area (Å²) in [6.45, 7) is 4.11. The Kier molecular flexibility index (Phi) is 3.38. The fourth-order valence-corrected chi connectivity index (χ4v) is 2.07. The molecule has 1 aromatic rings. The maximum atomic E-state index is 8.38. The van der Waals surface area contributed by atoms with Crippen LogP contribution in [0.2, 0.25) is 0 Å². The number of aromatic nitrogens is 1. The summed E-state index contributed by atoms with van der Waals surface area (Å²) in [5.74, 6) is 0. The van der Waals surface area contributed by atoms with E-state index in [-0.39, 0.29) is 0 Å². The average Bonchev–Trinajstić information content (AvgIpc) is 2.36. The van der Waals surface area contributed by atoms with Crippen LogP contribution in [0.4, 0.5) is 5.13 Å². The molecule has 0 spiro atoms. The molecule has 1 aromatic heterocycles. The van der Waals surface area contributed by atoms with E-state index < -0.39 is 0 Å². The molecule has 0 saturated carbocycles. The van der Waals surface area contributed by atoms with E-state index >= 15 is 0 Å². The third-order valence-electron chi connectivity index (χ3n) is 1.04. The maximum absolute atomic E-state index is 8.38. The first-order chi connectivity index (χ1) is 5.72. The van der Waals surface area contributed by atoms with Gasteiger partial charge >= 0.3 is 0 Å². The summed E-state index contributed by atoms with van der Waals surface area (Å²) < 4.78 is 0.931. The van der Waals surface area contributed by atoms with Crippen LogP contribution in [0.25, 0.3) is 0 Å². The van der Waals surface area contributed by atoms with Crippen molar-refractivity contribution >= 4 is 28.2 Å². The molecular formula is C7H9N3S2. The molecule has 3 nitrogen and oxygen atoms in total. The lowest BCUT2D eigenvalue weighted by molar-refractivity contribution is 0.896. The van der Waals surface area contributed by atoms with Crippen LogP contribution in [0.1, 0.15) is 13.8 Å². The van der Waals surface area contributed by atoms with Crippen molar-refractivity contribution in [1.29, 1.82) is 5.26 Å². The van der Waals surface area contributed by atoms with Crippen molar-refractivity contribution in [3.63, 3.8) is 0 Å². The Labute approximate surface area is 79.8 Å². The number of thioether (sulfide) groups is 1. The Morgan fingerprint density at radius 2 is 2.50 bits per heavy atom. The van der Waals surface area contributed by atoms with Crippen LogP contribution in [0, 0.1) is 10.7 Å². The number of hydrogen-bond acceptors (Lipinski definition) is 5. The second-order valence-electron chi connectivity index (χ2n) is 2.48. The second kappa shape index (κ2) is 4.33. The number of hydrogen-bond donors (Lipinski definition) is 1. The molecule has 0 aliphatic rings. The van der Waals surface area contributed by atoms with Crippen LogP contribution < -0.4 is 5.32 Å². The zero-order chi connectivity index (χ0) is 8.97. The minimum Gasteiger partial charge on any atom is -0.359 e. The average molecular weight is 199 g/mol. The molecule has 0 aliphatic carbocycles. The van der Waals surface area contributed by atoms with Gasteiger partial charge in [-0.3, -0.25) is 0 Å². The minimum absolute atomic E-state index is 0.385. The van der Waals surface area contributed by atoms with Crippen molar-refractivity contribution in [1.82, 2.24) is 4.98 Å². The van der Waals surface area contributed by atoms with E-state index in [1.807, 2.05) is 5.40 Å². The van der Waals surface area contributed by atoms with Gasteiger partial charge in [-0.15, -0.1) is 0 Å². The molecule has 0 atom stereocenters. The molecule has 0 unspecified atom stereocenters. The first-order valence-electron chi connectivity index (χ1n) is 3.50. The molecule has 0 fully saturated rings. The molecule has 1 rings (SSSR count). The zero-order valence-electron chi connectivity index (χ0n) is 6.87. The lowest BCUT2D eigenvalue weighted by Crippen LogP contribution is -2.08. The number of nitriles is 1. The molecule has 0 bridgehead atoms. The number of rotatable bonds is 3. The number of thiazole rings is 1. The molecule has 1 heterocycles. The Hall–Kier alpha value is -0.730. The Bertz CT molecular complexity index is 287. The van der Waals surface area contributed by atoms with Gasteiger partial charge in [-0.25, -0.2) is 4.98 Å². The number of nitrogens with zero attached hydrogens (tertiary/aromatic N) is 2. The normalized spacial score (nSPS) is 9.83. The summed E-state index contributed by atoms with van der Waals surface area (Å²) >= 11 is 2.65. The van der Waals surface area contributed by atoms with Crippen molar-refractivity contribution in [2.75, 3.05) is 5.32 Å². The third-order valence-corrected chi connectivity index (χ3v) is 2.66. The molecule has 64 valence electrons. The first-order valence-corrected chi connectivity index (χ1v) is 5.14. The second-order valence-corrected chi connectivity index (χ2v) is 4.59. The van der Waals surface area contributed by atoms with Crippen LogP contribution in [0.15, 0.2) is 10.4 Å². The molecule has 5 heteroatoms. The highest BCUT2D eigenvalue weighted by atomic mass is 32.2. The lowest BCUT2D eigenvalue weighted by atomic mass is 10.4. The summed E-state index contributed by atoms with van der Waals surface area (Å²) in [4.78, 5) is 4.11. The van der Waals surface area contributed by atoms with Gasteiger partial charge in [0.05, 0.1) is 10.4 Å². The van der Waals surface area contributed by atoms with Gasteiger partial charge in [0.15, 0.2) is 5.13 Å². The topological polar surface area (TPSA) is 48.7 Å². The SMILES string of the molecule is CC(C)Nc1ncc(SC#N)s1. The summed E-state index contributed by atoms with van der Waals surface area (Å²) in [6.07, 6.45) is 1.71. The fourth-order valence-electron chi connectivity index (χ4n) is 0.665. The van der Waals surface area contributed by atoms with Gasteiger partial charge in [-0.05, 0) is 13.8 Å². The first kappa shape index (κ1) is 9.36. The summed E-state index contributed by atoms with van der Waals surface area (Å²) in [6, 6.07) is 0.385.